The monoisotopic (exact) mass is 234 g/mol. The summed E-state index contributed by atoms with van der Waals surface area (Å²) in [6.45, 7) is 2.00. The van der Waals surface area contributed by atoms with Gasteiger partial charge in [0.1, 0.15) is 0 Å². The fourth-order valence-corrected chi connectivity index (χ4v) is 2.15. The number of nitrogens with zero attached hydrogens (tertiary/aromatic N) is 1. The summed E-state index contributed by atoms with van der Waals surface area (Å²) < 4.78 is 0. The number of anilines is 1. The van der Waals surface area contributed by atoms with Crippen LogP contribution in [0.15, 0.2) is 54.6 Å². The molecule has 0 aliphatic heterocycles. The van der Waals surface area contributed by atoms with Gasteiger partial charge in [-0.3, -0.25) is 4.98 Å². The van der Waals surface area contributed by atoms with Crippen LogP contribution >= 0.6 is 0 Å². The lowest BCUT2D eigenvalue weighted by atomic mass is 10.0. The van der Waals surface area contributed by atoms with Gasteiger partial charge in [-0.2, -0.15) is 0 Å². The lowest BCUT2D eigenvalue weighted by Crippen LogP contribution is -1.90. The van der Waals surface area contributed by atoms with Gasteiger partial charge in [0, 0.05) is 22.3 Å². The molecule has 0 radical (unpaired) electrons. The summed E-state index contributed by atoms with van der Waals surface area (Å²) in [4.78, 5) is 4.50. The summed E-state index contributed by atoms with van der Waals surface area (Å²) in [5.74, 6) is 0. The van der Waals surface area contributed by atoms with Crippen molar-refractivity contribution in [2.45, 2.75) is 6.92 Å². The van der Waals surface area contributed by atoms with Gasteiger partial charge in [-0.05, 0) is 36.8 Å². The number of aromatic nitrogens is 1. The van der Waals surface area contributed by atoms with Gasteiger partial charge in [0.15, 0.2) is 0 Å². The van der Waals surface area contributed by atoms with Gasteiger partial charge in [-0.1, -0.05) is 30.3 Å². The average molecular weight is 234 g/mol. The summed E-state index contributed by atoms with van der Waals surface area (Å²) in [5, 5.41) is 1.14. The molecule has 3 rings (SSSR count). The molecular weight excluding hydrogens is 220 g/mol. The molecule has 0 atom stereocenters. The van der Waals surface area contributed by atoms with E-state index in [1.807, 2.05) is 43.3 Å². The molecule has 0 aliphatic rings. The van der Waals surface area contributed by atoms with Crippen LogP contribution < -0.4 is 5.73 Å². The van der Waals surface area contributed by atoms with E-state index in [4.69, 9.17) is 5.73 Å². The van der Waals surface area contributed by atoms with Gasteiger partial charge in [-0.25, -0.2) is 0 Å². The normalized spacial score (nSPS) is 10.7. The van der Waals surface area contributed by atoms with Crippen molar-refractivity contribution >= 4 is 16.6 Å². The molecule has 3 aromatic rings. The molecule has 0 bridgehead atoms. The number of hydrogen-bond donors (Lipinski definition) is 1. The summed E-state index contributed by atoms with van der Waals surface area (Å²) >= 11 is 0. The Labute approximate surface area is 106 Å². The van der Waals surface area contributed by atoms with Crippen molar-refractivity contribution in [3.05, 3.63) is 60.3 Å². The van der Waals surface area contributed by atoms with Gasteiger partial charge < -0.3 is 5.73 Å². The number of pyridine rings is 1. The molecule has 1 aromatic heterocycles. The summed E-state index contributed by atoms with van der Waals surface area (Å²) in [6.07, 6.45) is 0. The zero-order valence-corrected chi connectivity index (χ0v) is 10.2. The molecule has 18 heavy (non-hydrogen) atoms. The Kier molecular flexibility index (Phi) is 2.49. The summed E-state index contributed by atoms with van der Waals surface area (Å²) in [6, 6.07) is 18.3. The standard InChI is InChI=1S/C16H14N2/c1-11-6-7-13-10-12(8-9-16(13)18-11)14-4-2-3-5-15(14)17/h2-10H,17H2,1H3. The number of benzene rings is 2. The van der Waals surface area contributed by atoms with Gasteiger partial charge in [-0.15, -0.1) is 0 Å². The van der Waals surface area contributed by atoms with Crippen LogP contribution in [0.2, 0.25) is 0 Å². The van der Waals surface area contributed by atoms with Crippen LogP contribution in [-0.2, 0) is 0 Å². The van der Waals surface area contributed by atoms with Crippen molar-refractivity contribution in [3.63, 3.8) is 0 Å². The van der Waals surface area contributed by atoms with Crippen molar-refractivity contribution in [2.24, 2.45) is 0 Å². The Morgan fingerprint density at radius 3 is 2.61 bits per heavy atom. The summed E-state index contributed by atoms with van der Waals surface area (Å²) in [5.41, 5.74) is 11.1. The van der Waals surface area contributed by atoms with Crippen LogP contribution in [0.4, 0.5) is 5.69 Å². The van der Waals surface area contributed by atoms with E-state index >= 15 is 0 Å². The van der Waals surface area contributed by atoms with Crippen LogP contribution in [0.5, 0.6) is 0 Å². The Balaban J connectivity index is 2.20. The third-order valence-corrected chi connectivity index (χ3v) is 3.10. The van der Waals surface area contributed by atoms with E-state index in [-0.39, 0.29) is 0 Å². The third kappa shape index (κ3) is 1.82. The van der Waals surface area contributed by atoms with Crippen molar-refractivity contribution in [1.29, 1.82) is 0 Å². The fraction of sp³-hybridized carbons (Fsp3) is 0.0625. The van der Waals surface area contributed by atoms with Gasteiger partial charge in [0.05, 0.1) is 5.52 Å². The third-order valence-electron chi connectivity index (χ3n) is 3.10. The first-order valence-corrected chi connectivity index (χ1v) is 5.96. The molecular formula is C16H14N2. The Hall–Kier alpha value is -2.35. The van der Waals surface area contributed by atoms with E-state index in [9.17, 15) is 0 Å². The van der Waals surface area contributed by atoms with Gasteiger partial charge in [0.25, 0.3) is 0 Å². The largest absolute Gasteiger partial charge is 0.398 e. The van der Waals surface area contributed by atoms with E-state index < -0.39 is 0 Å². The maximum atomic E-state index is 6.01. The van der Waals surface area contributed by atoms with E-state index in [0.717, 1.165) is 33.4 Å². The number of hydrogen-bond acceptors (Lipinski definition) is 2. The minimum atomic E-state index is 0.803. The first kappa shape index (κ1) is 10.8. The van der Waals surface area contributed by atoms with E-state index in [1.54, 1.807) is 0 Å². The van der Waals surface area contributed by atoms with E-state index in [0.29, 0.717) is 0 Å². The average Bonchev–Trinajstić information content (AvgIpc) is 2.39. The maximum Gasteiger partial charge on any atom is 0.0705 e. The SMILES string of the molecule is Cc1ccc2cc(-c3ccccc3N)ccc2n1. The molecule has 0 spiro atoms. The van der Waals surface area contributed by atoms with Crippen molar-refractivity contribution in [2.75, 3.05) is 5.73 Å². The molecule has 0 fully saturated rings. The molecule has 2 N–H and O–H groups in total. The number of rotatable bonds is 1. The first-order chi connectivity index (χ1) is 8.74. The van der Waals surface area contributed by atoms with Crippen LogP contribution in [0.3, 0.4) is 0 Å². The first-order valence-electron chi connectivity index (χ1n) is 5.96. The molecule has 0 amide bonds. The second-order valence-electron chi connectivity index (χ2n) is 4.45. The van der Waals surface area contributed by atoms with Crippen molar-refractivity contribution in [1.82, 2.24) is 4.98 Å². The number of aryl methyl sites for hydroxylation is 1. The Morgan fingerprint density at radius 2 is 1.78 bits per heavy atom. The Bertz CT molecular complexity index is 717. The highest BCUT2D eigenvalue weighted by molar-refractivity contribution is 5.87. The lowest BCUT2D eigenvalue weighted by Gasteiger charge is -2.07. The molecule has 0 unspecified atom stereocenters. The number of nitrogen functional groups attached to an aromatic ring is 1. The number of nitrogens with two attached hydrogens (primary N) is 1. The van der Waals surface area contributed by atoms with Crippen LogP contribution in [0.1, 0.15) is 5.69 Å². The second-order valence-corrected chi connectivity index (χ2v) is 4.45. The van der Waals surface area contributed by atoms with E-state index in [1.165, 1.54) is 0 Å². The quantitative estimate of drug-likeness (QED) is 0.650. The van der Waals surface area contributed by atoms with Crippen molar-refractivity contribution in [3.8, 4) is 11.1 Å². The maximum absolute atomic E-state index is 6.01. The molecule has 2 nitrogen and oxygen atoms in total. The molecule has 1 heterocycles. The zero-order chi connectivity index (χ0) is 12.5. The molecule has 0 saturated carbocycles. The predicted octanol–water partition coefficient (Wildman–Crippen LogP) is 3.79. The van der Waals surface area contributed by atoms with Crippen LogP contribution in [-0.4, -0.2) is 4.98 Å². The molecule has 0 saturated heterocycles. The highest BCUT2D eigenvalue weighted by atomic mass is 14.7. The minimum Gasteiger partial charge on any atom is -0.398 e. The number of para-hydroxylation sites is 1. The highest BCUT2D eigenvalue weighted by Gasteiger charge is 2.03. The van der Waals surface area contributed by atoms with E-state index in [2.05, 4.69) is 23.2 Å². The van der Waals surface area contributed by atoms with Crippen molar-refractivity contribution < 1.29 is 0 Å². The van der Waals surface area contributed by atoms with Crippen LogP contribution in [0, 0.1) is 6.92 Å². The smallest absolute Gasteiger partial charge is 0.0705 e. The highest BCUT2D eigenvalue weighted by Crippen LogP contribution is 2.28. The van der Waals surface area contributed by atoms with Gasteiger partial charge in [0.2, 0.25) is 0 Å². The van der Waals surface area contributed by atoms with Gasteiger partial charge >= 0.3 is 0 Å². The molecule has 2 aromatic carbocycles. The molecule has 0 aliphatic carbocycles. The topological polar surface area (TPSA) is 38.9 Å². The predicted molar refractivity (Wildman–Crippen MR) is 76.3 cm³/mol. The number of fused-ring (bicyclic) bond motifs is 1. The molecule has 2 heteroatoms. The van der Waals surface area contributed by atoms with Crippen LogP contribution in [0.25, 0.3) is 22.0 Å². The lowest BCUT2D eigenvalue weighted by molar-refractivity contribution is 1.26. The zero-order valence-electron chi connectivity index (χ0n) is 10.2. The summed E-state index contributed by atoms with van der Waals surface area (Å²) in [7, 11) is 0. The fourth-order valence-electron chi connectivity index (χ4n) is 2.15. The Morgan fingerprint density at radius 1 is 0.944 bits per heavy atom. The second kappa shape index (κ2) is 4.15. The minimum absolute atomic E-state index is 0.803. The molecule has 88 valence electrons.